The average molecular weight is 1920 g/mol. The molecule has 740 valence electrons. The van der Waals surface area contributed by atoms with E-state index in [0.29, 0.717) is 16.7 Å². The molecule has 4 saturated carbocycles. The summed E-state index contributed by atoms with van der Waals surface area (Å²) in [5.41, 5.74) is -12.6. The highest BCUT2D eigenvalue weighted by Crippen LogP contribution is 2.69. The Balaban J connectivity index is 0.000000232. The van der Waals surface area contributed by atoms with Crippen LogP contribution in [0.25, 0.3) is 0 Å². The van der Waals surface area contributed by atoms with Gasteiger partial charge in [-0.3, -0.25) is 57.5 Å². The van der Waals surface area contributed by atoms with Crippen molar-refractivity contribution in [2.45, 2.75) is 257 Å². The number of aliphatic hydroxyl groups is 5. The van der Waals surface area contributed by atoms with E-state index in [2.05, 4.69) is 10.6 Å². The van der Waals surface area contributed by atoms with Gasteiger partial charge in [0, 0.05) is 136 Å². The molecule has 8 aliphatic rings. The van der Waals surface area contributed by atoms with Crippen LogP contribution in [0, 0.1) is 45.3 Å². The number of carbonyl (C=O) groups excluding carboxylic acids is 15. The molecule has 6 fully saturated rings. The molecule has 33 heteroatoms. The number of aliphatic carboxylic acids is 1. The fraction of sp³-hybridized carbons (Fsp3) is 0.472. The molecule has 0 aromatic heterocycles. The summed E-state index contributed by atoms with van der Waals surface area (Å²) in [5, 5.41) is 77.5. The number of Topliss-reactive ketones (excluding diaryl/α,β-unsaturated/α-hetero) is 6. The van der Waals surface area contributed by atoms with Gasteiger partial charge in [-0.2, -0.15) is 0 Å². The zero-order valence-corrected chi connectivity index (χ0v) is 79.9. The number of carbonyl (C=O) groups is 16. The highest BCUT2D eigenvalue weighted by Gasteiger charge is 2.80. The fourth-order valence-electron chi connectivity index (χ4n) is 22.5. The molecule has 8 N–H and O–H groups in total. The fourth-order valence-corrected chi connectivity index (χ4v) is 22.5. The highest BCUT2D eigenvalue weighted by atomic mass is 16.6. The number of carboxylic acids is 1. The van der Waals surface area contributed by atoms with Crippen LogP contribution < -0.4 is 10.6 Å². The Morgan fingerprint density at radius 2 is 0.763 bits per heavy atom. The molecular formula is C106H120N2O31. The van der Waals surface area contributed by atoms with Gasteiger partial charge in [-0.05, 0) is 99.2 Å². The minimum Gasteiger partial charge on any atom is -0.481 e. The Bertz CT molecular complexity index is 5750. The standard InChI is InChI=1S/C53H59NO15.C48H53NO13.C5H8O3/c1-29(55)23-24-41(60)68-45(43(34-19-13-9-14-20-34)54-48(62)35-21-15-10-16-22-35)49(63)67-38-27-53(64)36(25-37(58)33-17-11-8-12-18-33)46-51(7,39(59)26-40-52(46,28-65-40)69-32(4)57)47(61)44(66-31(3)56)42(30(38)2)50(53,5)6;1-26-34(61-44(57)39(54)38(30-18-12-8-13-19-30)49-43(56)31-20-14-9-15-21-31)24-48(58)32(22-33(52)29-16-10-7-11-17-29)41-46(6,35(53)23-36-47(41,25-59-36)62-28(3)51)42(55)40(60-27(2)50)37(26)45(48,4)5;1-4(6)2-3-5(7)8/h8-22,36,38-40,43-46,59,64H,23-28H2,1-7H3,(H,54,62);7-21,32,34-36,38-41,53-54,58H,22-25H2,1-6H3,(H,49,56);2-3H2,1H3,(H,7,8)/t36-,38-,39-,40?,43-,44+,45+,46?,51+,52-,53+;32-,34-,35-,36?,38-,39+,40+,41?,46+,47-,48+;/m00./s1. The molecule has 6 aromatic rings. The lowest BCUT2D eigenvalue weighted by Gasteiger charge is -2.68. The van der Waals surface area contributed by atoms with E-state index in [0.717, 1.165) is 13.8 Å². The first kappa shape index (κ1) is 105. The third kappa shape index (κ3) is 20.7. The Kier molecular flexibility index (Phi) is 31.9. The van der Waals surface area contributed by atoms with Crippen LogP contribution in [-0.2, 0) is 100 Å². The van der Waals surface area contributed by atoms with Gasteiger partial charge in [0.25, 0.3) is 11.8 Å². The Labute approximate surface area is 803 Å². The van der Waals surface area contributed by atoms with Gasteiger partial charge < -0.3 is 93.5 Å². The van der Waals surface area contributed by atoms with E-state index in [-0.39, 0.29) is 95.9 Å². The van der Waals surface area contributed by atoms with E-state index < -0.39 is 256 Å². The van der Waals surface area contributed by atoms with Gasteiger partial charge in [0.1, 0.15) is 42.0 Å². The predicted molar refractivity (Wildman–Crippen MR) is 493 cm³/mol. The first-order chi connectivity index (χ1) is 65.5. The van der Waals surface area contributed by atoms with E-state index in [1.807, 2.05) is 0 Å². The van der Waals surface area contributed by atoms with Crippen LogP contribution in [0.4, 0.5) is 0 Å². The topological polar surface area (TPSA) is 502 Å². The van der Waals surface area contributed by atoms with Crippen LogP contribution in [0.15, 0.2) is 204 Å². The van der Waals surface area contributed by atoms with Crippen molar-refractivity contribution in [3.63, 3.8) is 0 Å². The number of amides is 2. The monoisotopic (exact) mass is 1920 g/mol. The van der Waals surface area contributed by atoms with Crippen LogP contribution in [0.2, 0.25) is 0 Å². The molecule has 2 heterocycles. The number of nitrogens with one attached hydrogen (secondary N) is 2. The van der Waals surface area contributed by atoms with Gasteiger partial charge in [0.05, 0.1) is 66.3 Å². The van der Waals surface area contributed by atoms with Crippen LogP contribution in [0.3, 0.4) is 0 Å². The number of hydrogen-bond acceptors (Lipinski definition) is 30. The van der Waals surface area contributed by atoms with E-state index in [9.17, 15) is 87.9 Å². The lowest BCUT2D eigenvalue weighted by Crippen LogP contribution is -2.80. The summed E-state index contributed by atoms with van der Waals surface area (Å²) in [7, 11) is 0. The first-order valence-corrected chi connectivity index (χ1v) is 46.2. The summed E-state index contributed by atoms with van der Waals surface area (Å²) in [6.07, 6.45) is -18.1. The summed E-state index contributed by atoms with van der Waals surface area (Å²) in [5.74, 6) is -17.0. The summed E-state index contributed by atoms with van der Waals surface area (Å²) >= 11 is 0. The molecule has 4 unspecified atom stereocenters. The third-order valence-corrected chi connectivity index (χ3v) is 29.6. The Hall–Kier alpha value is -12.8. The summed E-state index contributed by atoms with van der Waals surface area (Å²) in [4.78, 5) is 215. The van der Waals surface area contributed by atoms with Crippen molar-refractivity contribution < 1.29 is 150 Å². The number of rotatable bonds is 29. The van der Waals surface area contributed by atoms with Gasteiger partial charge in [-0.25, -0.2) is 9.59 Å². The number of hydrogen-bond donors (Lipinski definition) is 8. The Morgan fingerprint density at radius 1 is 0.432 bits per heavy atom. The van der Waals surface area contributed by atoms with E-state index in [1.165, 1.54) is 48.5 Å². The second kappa shape index (κ2) is 42.1. The quantitative estimate of drug-likeness (QED) is 0.00936. The minimum absolute atomic E-state index is 0.0267. The van der Waals surface area contributed by atoms with E-state index >= 15 is 14.4 Å². The van der Waals surface area contributed by atoms with Crippen molar-refractivity contribution >= 4 is 94.3 Å². The molecule has 4 bridgehead atoms. The van der Waals surface area contributed by atoms with E-state index in [1.54, 1.807) is 217 Å². The molecule has 139 heavy (non-hydrogen) atoms. The lowest BCUT2D eigenvalue weighted by molar-refractivity contribution is -0.339. The maximum atomic E-state index is 15.7. The largest absolute Gasteiger partial charge is 0.481 e. The number of esters is 7. The second-order valence-corrected chi connectivity index (χ2v) is 38.8. The second-order valence-electron chi connectivity index (χ2n) is 38.8. The summed E-state index contributed by atoms with van der Waals surface area (Å²) < 4.78 is 54.4. The number of ketones is 6. The molecule has 2 saturated heterocycles. The van der Waals surface area contributed by atoms with Gasteiger partial charge in [-0.15, -0.1) is 0 Å². The van der Waals surface area contributed by atoms with Crippen molar-refractivity contribution in [1.82, 2.24) is 10.6 Å². The van der Waals surface area contributed by atoms with Crippen molar-refractivity contribution in [2.75, 3.05) is 13.2 Å². The number of ether oxygens (including phenoxy) is 9. The number of aliphatic hydroxyl groups excluding tert-OH is 3. The molecule has 0 spiro atoms. The molecule has 33 nitrogen and oxygen atoms in total. The SMILES string of the molecule is CC(=O)CCC(=O)O.CC(=O)CCC(=O)O[C@@H](C(=O)O[C@H]1C[C@@]2(O)[C@@H](CC(=O)c3ccccc3)C3[C@]4(OC(C)=O)COC4C[C@H](O)[C@@]3(C)C(=O)[C@H](OC(C)=O)C(=C1C)C2(C)C)[C@@H](NC(=O)c1ccccc1)c1ccccc1.CC(=O)O[C@H]1C(=O)[C@@]2(C)C([C@H](CC(=O)c3ccccc3)[C@]3(O)C[C@H](OC(=O)[C@H](O)[C@@H](NC(=O)c4ccccc4)c4ccccc4)C(C)=C1C3(C)C)[C@]1(OC(C)=O)COC1C[C@@H]2O. The predicted octanol–water partition coefficient (Wildman–Crippen LogP) is 10.2. The zero-order chi connectivity index (χ0) is 102. The normalized spacial score (nSPS) is 29.5. The van der Waals surface area contributed by atoms with Crippen LogP contribution >= 0.6 is 0 Å². The summed E-state index contributed by atoms with van der Waals surface area (Å²) in [6, 6.07) is 46.7. The average Bonchev–Trinajstić information content (AvgIpc) is 0.670. The van der Waals surface area contributed by atoms with Crippen LogP contribution in [-0.4, -0.2) is 222 Å². The highest BCUT2D eigenvalue weighted by molar-refractivity contribution is 6.01. The van der Waals surface area contributed by atoms with Crippen LogP contribution in [0.1, 0.15) is 226 Å². The molecule has 0 radical (unpaired) electrons. The van der Waals surface area contributed by atoms with Crippen molar-refractivity contribution in [1.29, 1.82) is 0 Å². The maximum Gasteiger partial charge on any atom is 0.350 e. The lowest BCUT2D eigenvalue weighted by atomic mass is 9.41. The van der Waals surface area contributed by atoms with Gasteiger partial charge in [0.15, 0.2) is 52.6 Å². The van der Waals surface area contributed by atoms with Gasteiger partial charge in [0.2, 0.25) is 6.10 Å². The molecule has 6 aromatic carbocycles. The first-order valence-electron chi connectivity index (χ1n) is 46.2. The number of carboxylic acid groups (broad SMARTS) is 1. The minimum atomic E-state index is -2.25. The number of fused-ring (bicyclic) bond motifs is 10. The smallest absolute Gasteiger partial charge is 0.350 e. The van der Waals surface area contributed by atoms with E-state index in [4.69, 9.17) is 47.7 Å². The number of benzene rings is 6. The van der Waals surface area contributed by atoms with Crippen molar-refractivity contribution in [3.8, 4) is 0 Å². The van der Waals surface area contributed by atoms with Crippen molar-refractivity contribution in [3.05, 3.63) is 238 Å². The maximum absolute atomic E-state index is 15.7. The molecule has 22 atom stereocenters. The Morgan fingerprint density at radius 3 is 1.09 bits per heavy atom. The third-order valence-electron chi connectivity index (χ3n) is 29.6. The molecule has 14 rings (SSSR count). The molecule has 2 amide bonds. The van der Waals surface area contributed by atoms with Gasteiger partial charge >= 0.3 is 47.8 Å². The zero-order valence-electron chi connectivity index (χ0n) is 79.9. The van der Waals surface area contributed by atoms with Crippen molar-refractivity contribution in [2.24, 2.45) is 45.3 Å². The molecule has 6 aliphatic carbocycles. The van der Waals surface area contributed by atoms with Gasteiger partial charge in [-0.1, -0.05) is 185 Å². The summed E-state index contributed by atoms with van der Waals surface area (Å²) in [6.45, 7) is 19.3. The molecule has 2 aliphatic heterocycles. The van der Waals surface area contributed by atoms with Crippen LogP contribution in [0.5, 0.6) is 0 Å². The molecular weight excluding hydrogens is 1800 g/mol.